The minimum absolute atomic E-state index is 0.0228. The minimum atomic E-state index is -0.446. The third kappa shape index (κ3) is 5.54. The molecule has 0 radical (unpaired) electrons. The number of alkyl carbamates (subject to hydrolysis) is 1. The van der Waals surface area contributed by atoms with Crippen molar-refractivity contribution in [2.45, 2.75) is 19.9 Å². The summed E-state index contributed by atoms with van der Waals surface area (Å²) in [6.07, 6.45) is 5.34. The molecule has 28 heavy (non-hydrogen) atoms. The molecule has 0 aromatic heterocycles. The molecule has 1 N–H and O–H groups in total. The Labute approximate surface area is 169 Å². The lowest BCUT2D eigenvalue weighted by molar-refractivity contribution is 0.155. The summed E-state index contributed by atoms with van der Waals surface area (Å²) in [6.45, 7) is 4.12. The SMILES string of the molecule is CC(C)NC(=O)OCC=C(C=Cc1ccc(Cl)cc1)c1ccc2c(c1)OCO2. The zero-order valence-corrected chi connectivity index (χ0v) is 16.5. The van der Waals surface area contributed by atoms with Crippen LogP contribution in [0.1, 0.15) is 25.0 Å². The Balaban J connectivity index is 1.80. The Hall–Kier alpha value is -2.92. The van der Waals surface area contributed by atoms with Gasteiger partial charge in [-0.05, 0) is 60.9 Å². The van der Waals surface area contributed by atoms with Gasteiger partial charge < -0.3 is 19.5 Å². The summed E-state index contributed by atoms with van der Waals surface area (Å²) < 4.78 is 16.1. The van der Waals surface area contributed by atoms with E-state index in [1.54, 1.807) is 0 Å². The molecule has 5 nitrogen and oxygen atoms in total. The molecule has 0 fully saturated rings. The molecule has 2 aromatic rings. The smallest absolute Gasteiger partial charge is 0.407 e. The highest BCUT2D eigenvalue weighted by Gasteiger charge is 2.14. The van der Waals surface area contributed by atoms with Gasteiger partial charge in [-0.15, -0.1) is 0 Å². The van der Waals surface area contributed by atoms with Crippen LogP contribution < -0.4 is 14.8 Å². The number of ether oxygens (including phenoxy) is 3. The Morgan fingerprint density at radius 3 is 2.68 bits per heavy atom. The van der Waals surface area contributed by atoms with Gasteiger partial charge in [0.1, 0.15) is 6.61 Å². The third-order valence-corrected chi connectivity index (χ3v) is 4.21. The number of rotatable bonds is 6. The van der Waals surface area contributed by atoms with Crippen molar-refractivity contribution in [3.05, 3.63) is 70.8 Å². The summed E-state index contributed by atoms with van der Waals surface area (Å²) in [6, 6.07) is 13.3. The summed E-state index contributed by atoms with van der Waals surface area (Å²) in [7, 11) is 0. The van der Waals surface area contributed by atoms with Crippen LogP contribution in [-0.2, 0) is 4.74 Å². The number of hydrogen-bond acceptors (Lipinski definition) is 4. The van der Waals surface area contributed by atoms with Gasteiger partial charge in [-0.3, -0.25) is 0 Å². The number of nitrogens with one attached hydrogen (secondary N) is 1. The van der Waals surface area contributed by atoms with Crippen LogP contribution in [0.4, 0.5) is 4.79 Å². The number of fused-ring (bicyclic) bond motifs is 1. The van der Waals surface area contributed by atoms with Crippen molar-refractivity contribution >= 4 is 29.3 Å². The fourth-order valence-corrected chi connectivity index (χ4v) is 2.73. The van der Waals surface area contributed by atoms with Crippen LogP contribution in [0, 0.1) is 0 Å². The number of benzene rings is 2. The molecular formula is C22H22ClNO4. The molecule has 0 bridgehead atoms. The van der Waals surface area contributed by atoms with E-state index in [2.05, 4.69) is 5.32 Å². The lowest BCUT2D eigenvalue weighted by Gasteiger charge is -2.09. The third-order valence-electron chi connectivity index (χ3n) is 3.96. The minimum Gasteiger partial charge on any atom is -0.454 e. The van der Waals surface area contributed by atoms with Gasteiger partial charge in [-0.2, -0.15) is 0 Å². The van der Waals surface area contributed by atoms with Crippen LogP contribution in [0.2, 0.25) is 5.02 Å². The van der Waals surface area contributed by atoms with Gasteiger partial charge in [0.25, 0.3) is 0 Å². The van der Waals surface area contributed by atoms with Crippen LogP contribution in [0.5, 0.6) is 11.5 Å². The van der Waals surface area contributed by atoms with E-state index in [9.17, 15) is 4.79 Å². The summed E-state index contributed by atoms with van der Waals surface area (Å²) in [5, 5.41) is 3.38. The average molecular weight is 400 g/mol. The molecule has 2 aromatic carbocycles. The number of allylic oxidation sites excluding steroid dienone is 2. The molecule has 0 atom stereocenters. The number of carbonyl (C=O) groups is 1. The van der Waals surface area contributed by atoms with Gasteiger partial charge in [0.15, 0.2) is 11.5 Å². The Bertz CT molecular complexity index is 888. The normalized spacial score (nSPS) is 13.2. The van der Waals surface area contributed by atoms with E-state index < -0.39 is 6.09 Å². The summed E-state index contributed by atoms with van der Waals surface area (Å²) in [4.78, 5) is 11.7. The highest BCUT2D eigenvalue weighted by Crippen LogP contribution is 2.34. The van der Waals surface area contributed by atoms with Crippen molar-refractivity contribution in [3.8, 4) is 11.5 Å². The zero-order valence-electron chi connectivity index (χ0n) is 15.8. The molecule has 0 saturated heterocycles. The summed E-state index contributed by atoms with van der Waals surface area (Å²) in [5.74, 6) is 1.42. The standard InChI is InChI=1S/C22H22ClNO4/c1-15(2)24-22(25)26-12-11-17(6-3-16-4-8-19(23)9-5-16)18-7-10-20-21(13-18)28-14-27-20/h3-11,13,15H,12,14H2,1-2H3,(H,24,25). The topological polar surface area (TPSA) is 56.8 Å². The van der Waals surface area contributed by atoms with E-state index in [4.69, 9.17) is 25.8 Å². The lowest BCUT2D eigenvalue weighted by atomic mass is 10.0. The van der Waals surface area contributed by atoms with Crippen LogP contribution in [0.15, 0.2) is 54.6 Å². The summed E-state index contributed by atoms with van der Waals surface area (Å²) in [5.41, 5.74) is 2.84. The monoisotopic (exact) mass is 399 g/mol. The van der Waals surface area contributed by atoms with E-state index in [0.717, 1.165) is 22.4 Å². The fourth-order valence-electron chi connectivity index (χ4n) is 2.60. The van der Waals surface area contributed by atoms with E-state index in [1.165, 1.54) is 0 Å². The highest BCUT2D eigenvalue weighted by molar-refractivity contribution is 6.30. The second-order valence-electron chi connectivity index (χ2n) is 6.51. The maximum Gasteiger partial charge on any atom is 0.407 e. The van der Waals surface area contributed by atoms with Crippen molar-refractivity contribution in [1.29, 1.82) is 0 Å². The van der Waals surface area contributed by atoms with E-state index in [1.807, 2.05) is 74.5 Å². The average Bonchev–Trinajstić information content (AvgIpc) is 3.13. The maximum atomic E-state index is 11.7. The first kappa shape index (κ1) is 19.8. The van der Waals surface area contributed by atoms with E-state index >= 15 is 0 Å². The zero-order chi connectivity index (χ0) is 19.9. The highest BCUT2D eigenvalue weighted by atomic mass is 35.5. The maximum absolute atomic E-state index is 11.7. The molecule has 0 saturated carbocycles. The molecule has 1 amide bonds. The number of halogens is 1. The number of amides is 1. The second kappa shape index (κ2) is 9.33. The van der Waals surface area contributed by atoms with Crippen molar-refractivity contribution in [3.63, 3.8) is 0 Å². The molecule has 0 aliphatic carbocycles. The molecule has 146 valence electrons. The molecule has 1 aliphatic rings. The van der Waals surface area contributed by atoms with Gasteiger partial charge >= 0.3 is 6.09 Å². The Kier molecular flexibility index (Phi) is 6.61. The van der Waals surface area contributed by atoms with Crippen LogP contribution >= 0.6 is 11.6 Å². The molecule has 1 heterocycles. The molecule has 3 rings (SSSR count). The van der Waals surface area contributed by atoms with E-state index in [0.29, 0.717) is 10.8 Å². The Morgan fingerprint density at radius 2 is 1.93 bits per heavy atom. The lowest BCUT2D eigenvalue weighted by Crippen LogP contribution is -2.30. The molecule has 0 unspecified atom stereocenters. The predicted molar refractivity (Wildman–Crippen MR) is 111 cm³/mol. The first-order valence-electron chi connectivity index (χ1n) is 8.98. The molecule has 6 heteroatoms. The van der Waals surface area contributed by atoms with Crippen LogP contribution in [0.25, 0.3) is 11.6 Å². The van der Waals surface area contributed by atoms with Gasteiger partial charge in [0.05, 0.1) is 0 Å². The second-order valence-corrected chi connectivity index (χ2v) is 6.95. The Morgan fingerprint density at radius 1 is 1.18 bits per heavy atom. The predicted octanol–water partition coefficient (Wildman–Crippen LogP) is 5.30. The van der Waals surface area contributed by atoms with Crippen molar-refractivity contribution in [2.24, 2.45) is 0 Å². The van der Waals surface area contributed by atoms with Crippen LogP contribution in [0.3, 0.4) is 0 Å². The van der Waals surface area contributed by atoms with Gasteiger partial charge in [0.2, 0.25) is 6.79 Å². The fraction of sp³-hybridized carbons (Fsp3) is 0.227. The quantitative estimate of drug-likeness (QED) is 0.669. The van der Waals surface area contributed by atoms with Crippen molar-refractivity contribution in [2.75, 3.05) is 13.4 Å². The largest absolute Gasteiger partial charge is 0.454 e. The van der Waals surface area contributed by atoms with Gasteiger partial charge in [-0.1, -0.05) is 42.0 Å². The van der Waals surface area contributed by atoms with Gasteiger partial charge in [0, 0.05) is 11.1 Å². The summed E-state index contributed by atoms with van der Waals surface area (Å²) >= 11 is 5.94. The first-order chi connectivity index (χ1) is 13.5. The molecule has 0 spiro atoms. The van der Waals surface area contributed by atoms with Crippen molar-refractivity contribution < 1.29 is 19.0 Å². The van der Waals surface area contributed by atoms with Crippen LogP contribution in [-0.4, -0.2) is 25.5 Å². The number of carbonyl (C=O) groups excluding carboxylic acids is 1. The number of hydrogen-bond donors (Lipinski definition) is 1. The molecule has 1 aliphatic heterocycles. The molecular weight excluding hydrogens is 378 g/mol. The van der Waals surface area contributed by atoms with Crippen molar-refractivity contribution in [1.82, 2.24) is 5.32 Å². The van der Waals surface area contributed by atoms with Gasteiger partial charge in [-0.25, -0.2) is 4.79 Å². The van der Waals surface area contributed by atoms with E-state index in [-0.39, 0.29) is 19.4 Å². The first-order valence-corrected chi connectivity index (χ1v) is 9.36.